The first-order valence-corrected chi connectivity index (χ1v) is 8.39. The molecule has 1 amide bonds. The molecular formula is C21H18ClNO3. The van der Waals surface area contributed by atoms with Gasteiger partial charge in [-0.25, -0.2) is 0 Å². The van der Waals surface area contributed by atoms with Gasteiger partial charge in [-0.15, -0.1) is 0 Å². The van der Waals surface area contributed by atoms with E-state index in [1.54, 1.807) is 18.2 Å². The third kappa shape index (κ3) is 3.65. The quantitative estimate of drug-likeness (QED) is 0.667. The maximum absolute atomic E-state index is 12.9. The summed E-state index contributed by atoms with van der Waals surface area (Å²) in [7, 11) is 3.04. The van der Waals surface area contributed by atoms with Gasteiger partial charge >= 0.3 is 0 Å². The highest BCUT2D eigenvalue weighted by Gasteiger charge is 2.16. The van der Waals surface area contributed by atoms with Gasteiger partial charge in [-0.3, -0.25) is 4.79 Å². The number of rotatable bonds is 5. The Morgan fingerprint density at radius 2 is 1.54 bits per heavy atom. The summed E-state index contributed by atoms with van der Waals surface area (Å²) in [5, 5.41) is 3.30. The number of carbonyl (C=O) groups excluding carboxylic acids is 1. The first kappa shape index (κ1) is 17.8. The molecule has 0 aliphatic rings. The van der Waals surface area contributed by atoms with Crippen LogP contribution < -0.4 is 14.8 Å². The molecule has 0 fully saturated rings. The molecule has 1 N–H and O–H groups in total. The minimum absolute atomic E-state index is 0.243. The smallest absolute Gasteiger partial charge is 0.256 e. The summed E-state index contributed by atoms with van der Waals surface area (Å²) in [6.07, 6.45) is 0. The van der Waals surface area contributed by atoms with Gasteiger partial charge < -0.3 is 14.8 Å². The zero-order valence-electron chi connectivity index (χ0n) is 14.5. The molecule has 0 bridgehead atoms. The average Bonchev–Trinajstić information content (AvgIpc) is 2.69. The number of halogens is 1. The molecule has 0 atom stereocenters. The molecule has 0 aliphatic heterocycles. The van der Waals surface area contributed by atoms with Crippen molar-refractivity contribution in [1.82, 2.24) is 0 Å². The first-order chi connectivity index (χ1) is 12.6. The Labute approximate surface area is 157 Å². The van der Waals surface area contributed by atoms with Crippen LogP contribution in [0.2, 0.25) is 5.02 Å². The molecule has 132 valence electrons. The Kier molecular flexibility index (Phi) is 5.44. The van der Waals surface area contributed by atoms with Crippen LogP contribution in [0.15, 0.2) is 66.7 Å². The predicted octanol–water partition coefficient (Wildman–Crippen LogP) is 5.28. The fourth-order valence-electron chi connectivity index (χ4n) is 2.70. The predicted molar refractivity (Wildman–Crippen MR) is 104 cm³/mol. The van der Waals surface area contributed by atoms with E-state index in [4.69, 9.17) is 21.1 Å². The Hall–Kier alpha value is -2.98. The number of hydrogen-bond acceptors (Lipinski definition) is 3. The highest BCUT2D eigenvalue weighted by atomic mass is 35.5. The van der Waals surface area contributed by atoms with Crippen LogP contribution in [0.5, 0.6) is 11.5 Å². The monoisotopic (exact) mass is 367 g/mol. The van der Waals surface area contributed by atoms with Crippen molar-refractivity contribution in [3.63, 3.8) is 0 Å². The van der Waals surface area contributed by atoms with Crippen molar-refractivity contribution in [3.8, 4) is 22.6 Å². The van der Waals surface area contributed by atoms with E-state index in [0.717, 1.165) is 11.1 Å². The Morgan fingerprint density at radius 3 is 2.23 bits per heavy atom. The molecule has 0 radical (unpaired) electrons. The van der Waals surface area contributed by atoms with E-state index in [1.807, 2.05) is 48.5 Å². The maximum Gasteiger partial charge on any atom is 0.256 e. The van der Waals surface area contributed by atoms with E-state index in [2.05, 4.69) is 5.32 Å². The Bertz CT molecular complexity index is 926. The molecule has 3 rings (SSSR count). The first-order valence-electron chi connectivity index (χ1n) is 8.01. The summed E-state index contributed by atoms with van der Waals surface area (Å²) in [6.45, 7) is 0. The lowest BCUT2D eigenvalue weighted by molar-refractivity contribution is 0.102. The lowest BCUT2D eigenvalue weighted by atomic mass is 9.99. The van der Waals surface area contributed by atoms with Crippen LogP contribution in [0, 0.1) is 0 Å². The van der Waals surface area contributed by atoms with Crippen LogP contribution in [0.25, 0.3) is 11.1 Å². The van der Waals surface area contributed by atoms with Gasteiger partial charge in [-0.2, -0.15) is 0 Å². The summed E-state index contributed by atoms with van der Waals surface area (Å²) in [5.74, 6) is 0.674. The number of benzene rings is 3. The molecule has 0 heterocycles. The minimum atomic E-state index is -0.243. The van der Waals surface area contributed by atoms with Gasteiger partial charge in [0, 0.05) is 17.7 Å². The molecule has 0 saturated heterocycles. The zero-order chi connectivity index (χ0) is 18.5. The SMILES string of the molecule is COc1cc(NC(=O)c2ccccc2-c2ccccc2)c(OC)cc1Cl. The molecule has 3 aromatic carbocycles. The van der Waals surface area contributed by atoms with Crippen LogP contribution >= 0.6 is 11.6 Å². The molecule has 0 aromatic heterocycles. The molecule has 0 saturated carbocycles. The second kappa shape index (κ2) is 7.93. The second-order valence-corrected chi connectivity index (χ2v) is 5.96. The molecule has 0 aliphatic carbocycles. The van der Waals surface area contributed by atoms with Gasteiger partial charge in [-0.1, -0.05) is 60.1 Å². The average molecular weight is 368 g/mol. The van der Waals surface area contributed by atoms with Crippen molar-refractivity contribution in [2.45, 2.75) is 0 Å². The van der Waals surface area contributed by atoms with Gasteiger partial charge in [0.25, 0.3) is 5.91 Å². The topological polar surface area (TPSA) is 47.6 Å². The van der Waals surface area contributed by atoms with E-state index in [-0.39, 0.29) is 5.91 Å². The largest absolute Gasteiger partial charge is 0.495 e. The lowest BCUT2D eigenvalue weighted by Crippen LogP contribution is -2.14. The van der Waals surface area contributed by atoms with Crippen LogP contribution in [0.4, 0.5) is 5.69 Å². The number of amides is 1. The Morgan fingerprint density at radius 1 is 0.885 bits per heavy atom. The van der Waals surface area contributed by atoms with E-state index in [9.17, 15) is 4.79 Å². The third-order valence-electron chi connectivity index (χ3n) is 3.98. The number of carbonyl (C=O) groups is 1. The summed E-state index contributed by atoms with van der Waals surface area (Å²) < 4.78 is 10.5. The summed E-state index contributed by atoms with van der Waals surface area (Å²) in [4.78, 5) is 12.9. The van der Waals surface area contributed by atoms with Crippen LogP contribution in [-0.2, 0) is 0 Å². The van der Waals surface area contributed by atoms with Gasteiger partial charge in [0.2, 0.25) is 0 Å². The molecule has 4 nitrogen and oxygen atoms in total. The normalized spacial score (nSPS) is 10.3. The van der Waals surface area contributed by atoms with Crippen molar-refractivity contribution >= 4 is 23.2 Å². The van der Waals surface area contributed by atoms with Gasteiger partial charge in [-0.05, 0) is 17.2 Å². The van der Waals surface area contributed by atoms with E-state index < -0.39 is 0 Å². The number of methoxy groups -OCH3 is 2. The number of anilines is 1. The summed E-state index contributed by atoms with van der Waals surface area (Å²) in [5.41, 5.74) is 2.88. The van der Waals surface area contributed by atoms with Gasteiger partial charge in [0.15, 0.2) is 0 Å². The molecule has 26 heavy (non-hydrogen) atoms. The number of nitrogens with one attached hydrogen (secondary N) is 1. The lowest BCUT2D eigenvalue weighted by Gasteiger charge is -2.14. The maximum atomic E-state index is 12.9. The molecule has 0 unspecified atom stereocenters. The van der Waals surface area contributed by atoms with Crippen LogP contribution in [0.1, 0.15) is 10.4 Å². The second-order valence-electron chi connectivity index (χ2n) is 5.55. The third-order valence-corrected chi connectivity index (χ3v) is 4.27. The van der Waals surface area contributed by atoms with E-state index in [0.29, 0.717) is 27.8 Å². The van der Waals surface area contributed by atoms with Gasteiger partial charge in [0.1, 0.15) is 11.5 Å². The molecule has 0 spiro atoms. The minimum Gasteiger partial charge on any atom is -0.495 e. The zero-order valence-corrected chi connectivity index (χ0v) is 15.2. The van der Waals surface area contributed by atoms with Crippen molar-refractivity contribution in [2.75, 3.05) is 19.5 Å². The summed E-state index contributed by atoms with van der Waals surface area (Å²) in [6, 6.07) is 20.5. The number of ether oxygens (including phenoxy) is 2. The summed E-state index contributed by atoms with van der Waals surface area (Å²) >= 11 is 6.12. The highest BCUT2D eigenvalue weighted by molar-refractivity contribution is 6.32. The molecule has 3 aromatic rings. The van der Waals surface area contributed by atoms with Crippen LogP contribution in [-0.4, -0.2) is 20.1 Å². The van der Waals surface area contributed by atoms with Crippen molar-refractivity contribution in [3.05, 3.63) is 77.3 Å². The van der Waals surface area contributed by atoms with Crippen molar-refractivity contribution in [1.29, 1.82) is 0 Å². The molecular weight excluding hydrogens is 350 g/mol. The van der Waals surface area contributed by atoms with E-state index in [1.165, 1.54) is 14.2 Å². The standard InChI is InChI=1S/C21H18ClNO3/c1-25-19-13-18(20(26-2)12-17(19)22)23-21(24)16-11-7-6-10-15(16)14-8-4-3-5-9-14/h3-13H,1-2H3,(H,23,24). The van der Waals surface area contributed by atoms with Crippen molar-refractivity contribution < 1.29 is 14.3 Å². The fourth-order valence-corrected chi connectivity index (χ4v) is 2.93. The fraction of sp³-hybridized carbons (Fsp3) is 0.0952. The van der Waals surface area contributed by atoms with Crippen molar-refractivity contribution in [2.24, 2.45) is 0 Å². The Balaban J connectivity index is 1.98. The number of hydrogen-bond donors (Lipinski definition) is 1. The molecule has 5 heteroatoms. The highest BCUT2D eigenvalue weighted by Crippen LogP contribution is 2.36. The van der Waals surface area contributed by atoms with E-state index >= 15 is 0 Å². The van der Waals surface area contributed by atoms with Crippen LogP contribution in [0.3, 0.4) is 0 Å². The van der Waals surface area contributed by atoms with Gasteiger partial charge in [0.05, 0.1) is 24.9 Å².